The monoisotopic (exact) mass is 622 g/mol. The van der Waals surface area contributed by atoms with Gasteiger partial charge in [-0.1, -0.05) is 67.3 Å². The largest absolute Gasteiger partial charge is 0.494 e. The molecule has 3 heterocycles. The fraction of sp³-hybridized carbons (Fsp3) is 0.393. The lowest BCUT2D eigenvalue weighted by Crippen LogP contribution is -2.42. The van der Waals surface area contributed by atoms with Crippen molar-refractivity contribution in [2.75, 3.05) is 22.6 Å². The molecule has 14 heteroatoms. The van der Waals surface area contributed by atoms with Crippen LogP contribution in [0.15, 0.2) is 51.3 Å². The van der Waals surface area contributed by atoms with Crippen molar-refractivity contribution in [3.8, 4) is 11.8 Å². The number of aryl methyl sites for hydroxylation is 1. The number of carbonyl (C=O) groups excluding carboxylic acids is 2. The number of nitriles is 1. The van der Waals surface area contributed by atoms with Crippen LogP contribution in [-0.4, -0.2) is 44.4 Å². The summed E-state index contributed by atoms with van der Waals surface area (Å²) in [7, 11) is 0. The van der Waals surface area contributed by atoms with Gasteiger partial charge in [0.1, 0.15) is 16.6 Å². The van der Waals surface area contributed by atoms with Gasteiger partial charge >= 0.3 is 0 Å². The Morgan fingerprint density at radius 2 is 1.95 bits per heavy atom. The molecule has 0 fully saturated rings. The number of hydrogen-bond donors (Lipinski definition) is 2. The fourth-order valence-corrected chi connectivity index (χ4v) is 7.44. The van der Waals surface area contributed by atoms with Crippen LogP contribution in [0.2, 0.25) is 0 Å². The van der Waals surface area contributed by atoms with Crippen LogP contribution in [0.3, 0.4) is 0 Å². The van der Waals surface area contributed by atoms with Crippen molar-refractivity contribution in [1.82, 2.24) is 20.4 Å². The molecule has 0 saturated carbocycles. The maximum atomic E-state index is 13.7. The molecule has 1 atom stereocenters. The molecule has 218 valence electrons. The maximum absolute atomic E-state index is 13.7. The summed E-state index contributed by atoms with van der Waals surface area (Å²) in [6.45, 7) is 8.50. The van der Waals surface area contributed by atoms with E-state index in [9.17, 15) is 14.9 Å². The predicted molar refractivity (Wildman–Crippen MR) is 163 cm³/mol. The number of nitrogens with one attached hydrogen (secondary N) is 1. The molecule has 2 aliphatic rings. The Hall–Kier alpha value is -3.80. The van der Waals surface area contributed by atoms with Crippen LogP contribution in [0, 0.1) is 16.7 Å². The minimum Gasteiger partial charge on any atom is -0.494 e. The maximum Gasteiger partial charge on any atom is 0.236 e. The van der Waals surface area contributed by atoms with Crippen LogP contribution in [-0.2, 0) is 16.0 Å². The number of nitrogens with zero attached hydrogens (tertiary/aromatic N) is 6. The van der Waals surface area contributed by atoms with Gasteiger partial charge in [0.2, 0.25) is 16.2 Å². The van der Waals surface area contributed by atoms with Gasteiger partial charge in [-0.05, 0) is 42.9 Å². The van der Waals surface area contributed by atoms with Gasteiger partial charge in [0.15, 0.2) is 10.1 Å². The minimum absolute atomic E-state index is 0.0240. The molecule has 1 amide bonds. The molecule has 42 heavy (non-hydrogen) atoms. The van der Waals surface area contributed by atoms with Gasteiger partial charge < -0.3 is 10.5 Å². The van der Waals surface area contributed by atoms with Crippen molar-refractivity contribution < 1.29 is 14.3 Å². The highest BCUT2D eigenvalue weighted by Crippen LogP contribution is 2.50. The third-order valence-electron chi connectivity index (χ3n) is 6.83. The van der Waals surface area contributed by atoms with Gasteiger partial charge in [-0.25, -0.2) is 0 Å². The molecule has 1 unspecified atom stereocenters. The number of Topliss-reactive ketones (excluding diaryl/α,β-unsaturated/α-hetero) is 1. The summed E-state index contributed by atoms with van der Waals surface area (Å²) < 4.78 is 6.14. The lowest BCUT2D eigenvalue weighted by Gasteiger charge is -2.42. The fourth-order valence-electron chi connectivity index (χ4n) is 5.06. The summed E-state index contributed by atoms with van der Waals surface area (Å²) in [4.78, 5) is 27.9. The van der Waals surface area contributed by atoms with E-state index in [1.807, 2.05) is 52.0 Å². The Kier molecular flexibility index (Phi) is 8.63. The van der Waals surface area contributed by atoms with E-state index in [1.54, 1.807) is 4.90 Å². The number of thioether (sulfide) groups is 1. The number of hydrogen-bond acceptors (Lipinski definition) is 13. The van der Waals surface area contributed by atoms with Gasteiger partial charge in [-0.2, -0.15) is 5.26 Å². The Morgan fingerprint density at radius 3 is 2.62 bits per heavy atom. The van der Waals surface area contributed by atoms with Crippen LogP contribution < -0.4 is 20.7 Å². The van der Waals surface area contributed by atoms with Crippen LogP contribution in [0.5, 0.6) is 5.75 Å². The average molecular weight is 623 g/mol. The van der Waals surface area contributed by atoms with E-state index < -0.39 is 5.92 Å². The van der Waals surface area contributed by atoms with E-state index in [-0.39, 0.29) is 34.3 Å². The number of carbonyl (C=O) groups is 2. The first kappa shape index (κ1) is 29.7. The zero-order chi connectivity index (χ0) is 30.0. The van der Waals surface area contributed by atoms with Crippen LogP contribution >= 0.6 is 34.4 Å². The molecular formula is C28H30N8O3S3. The Labute approximate surface area is 255 Å². The Morgan fingerprint density at radius 1 is 1.19 bits per heavy atom. The third kappa shape index (κ3) is 6.04. The van der Waals surface area contributed by atoms with E-state index in [2.05, 4.69) is 31.8 Å². The number of ketones is 1. The molecule has 0 radical (unpaired) electrons. The first-order valence-electron chi connectivity index (χ1n) is 13.4. The van der Waals surface area contributed by atoms with E-state index in [0.717, 1.165) is 22.7 Å². The van der Waals surface area contributed by atoms with Crippen molar-refractivity contribution in [3.05, 3.63) is 57.5 Å². The van der Waals surface area contributed by atoms with Crippen molar-refractivity contribution >= 4 is 56.4 Å². The van der Waals surface area contributed by atoms with E-state index in [4.69, 9.17) is 10.5 Å². The lowest BCUT2D eigenvalue weighted by molar-refractivity contribution is -0.118. The third-order valence-corrected chi connectivity index (χ3v) is 9.86. The van der Waals surface area contributed by atoms with Crippen molar-refractivity contribution in [1.29, 1.82) is 5.26 Å². The summed E-state index contributed by atoms with van der Waals surface area (Å²) >= 11 is 3.82. The Bertz CT molecular complexity index is 1620. The summed E-state index contributed by atoms with van der Waals surface area (Å²) in [6, 6.07) is 9.71. The van der Waals surface area contributed by atoms with E-state index in [0.29, 0.717) is 45.4 Å². The quantitative estimate of drug-likeness (QED) is 0.308. The molecule has 1 aromatic carbocycles. The molecule has 1 aliphatic heterocycles. The highest BCUT2D eigenvalue weighted by molar-refractivity contribution is 8.01. The molecule has 0 spiro atoms. The first-order valence-corrected chi connectivity index (χ1v) is 16.0. The van der Waals surface area contributed by atoms with Crippen LogP contribution in [0.4, 0.5) is 10.3 Å². The molecule has 1 aliphatic carbocycles. The highest BCUT2D eigenvalue weighted by Gasteiger charge is 2.45. The molecular weight excluding hydrogens is 593 g/mol. The summed E-state index contributed by atoms with van der Waals surface area (Å²) in [5, 5.41) is 31.4. The average Bonchev–Trinajstić information content (AvgIpc) is 3.61. The standard InChI is InChI=1S/C28H30N8O3S3/c1-5-21-32-33-25(41-21)31-20(38)14-40-27-35-34-26(42-27)36-18-11-28(3,4)12-19(37)23(18)22(17(13-29)24(36)30)15-7-9-16(10-8-15)39-6-2/h7-10,22H,5-6,11-12,14,30H2,1-4H3,(H,31,33,38). The topological polar surface area (TPSA) is 160 Å². The second kappa shape index (κ2) is 12.2. The van der Waals surface area contributed by atoms with Gasteiger partial charge in [-0.3, -0.25) is 19.8 Å². The predicted octanol–water partition coefficient (Wildman–Crippen LogP) is 5.02. The number of amides is 1. The normalized spacial score (nSPS) is 18.1. The van der Waals surface area contributed by atoms with Crippen LogP contribution in [0.1, 0.15) is 57.0 Å². The molecule has 3 aromatic rings. The second-order valence-corrected chi connectivity index (χ2v) is 13.8. The summed E-state index contributed by atoms with van der Waals surface area (Å²) in [6.07, 6.45) is 1.67. The number of nitrogens with two attached hydrogens (primary N) is 1. The summed E-state index contributed by atoms with van der Waals surface area (Å²) in [5.74, 6) is 0.172. The van der Waals surface area contributed by atoms with E-state index in [1.165, 1.54) is 34.4 Å². The molecule has 0 bridgehead atoms. The number of anilines is 2. The zero-order valence-electron chi connectivity index (χ0n) is 23.6. The number of rotatable bonds is 9. The van der Waals surface area contributed by atoms with Crippen molar-refractivity contribution in [3.63, 3.8) is 0 Å². The smallest absolute Gasteiger partial charge is 0.236 e. The number of ether oxygens (including phenoxy) is 1. The molecule has 3 N–H and O–H groups in total. The van der Waals surface area contributed by atoms with Gasteiger partial charge in [0.05, 0.1) is 29.9 Å². The first-order chi connectivity index (χ1) is 20.1. The van der Waals surface area contributed by atoms with Crippen molar-refractivity contribution in [2.24, 2.45) is 11.1 Å². The lowest BCUT2D eigenvalue weighted by atomic mass is 9.68. The molecule has 5 rings (SSSR count). The highest BCUT2D eigenvalue weighted by atomic mass is 32.2. The SMILES string of the molecule is CCOc1ccc(C2C(C#N)=C(N)N(c3nnc(SCC(=O)Nc4nnc(CC)s4)s3)C3=C2C(=O)CC(C)(C)C3)cc1. The molecule has 11 nitrogen and oxygen atoms in total. The number of allylic oxidation sites excluding steroid dienone is 3. The van der Waals surface area contributed by atoms with Gasteiger partial charge in [-0.15, -0.1) is 20.4 Å². The second-order valence-electron chi connectivity index (χ2n) is 10.5. The number of aromatic nitrogens is 4. The minimum atomic E-state index is -0.598. The van der Waals surface area contributed by atoms with Crippen molar-refractivity contribution in [2.45, 2.75) is 57.2 Å². The van der Waals surface area contributed by atoms with Gasteiger partial charge in [0, 0.05) is 17.7 Å². The van der Waals surface area contributed by atoms with Crippen LogP contribution in [0.25, 0.3) is 0 Å². The molecule has 2 aromatic heterocycles. The summed E-state index contributed by atoms with van der Waals surface area (Å²) in [5.41, 5.74) is 8.74. The molecule has 0 saturated heterocycles. The zero-order valence-corrected chi connectivity index (χ0v) is 26.1. The van der Waals surface area contributed by atoms with E-state index >= 15 is 0 Å². The Balaban J connectivity index is 1.45. The van der Waals surface area contributed by atoms with Gasteiger partial charge in [0.25, 0.3) is 0 Å². The number of benzene rings is 1.